The molecule has 278 valence electrons. The molecule has 0 radical (unpaired) electrons. The molecule has 0 aliphatic carbocycles. The number of aldehydes is 1. The van der Waals surface area contributed by atoms with Gasteiger partial charge in [0.05, 0.1) is 18.6 Å². The third kappa shape index (κ3) is 11.3. The number of hydrogen-bond donors (Lipinski definition) is 0. The number of Topliss-reactive ketones (excluding diaryl/α,β-unsaturated/α-hetero) is 1. The van der Waals surface area contributed by atoms with Gasteiger partial charge in [-0.1, -0.05) is 126 Å². The molecular formula is C44H62O6Si. The van der Waals surface area contributed by atoms with Gasteiger partial charge in [-0.3, -0.25) is 9.59 Å². The number of ether oxygens (including phenoxy) is 2. The van der Waals surface area contributed by atoms with E-state index in [9.17, 15) is 14.4 Å². The van der Waals surface area contributed by atoms with E-state index >= 15 is 0 Å². The van der Waals surface area contributed by atoms with Gasteiger partial charge in [0.25, 0.3) is 8.32 Å². The van der Waals surface area contributed by atoms with Crippen LogP contribution in [0.3, 0.4) is 0 Å². The molecule has 0 heterocycles. The summed E-state index contributed by atoms with van der Waals surface area (Å²) in [5.74, 6) is -0.642. The Morgan fingerprint density at radius 3 is 1.76 bits per heavy atom. The summed E-state index contributed by atoms with van der Waals surface area (Å²) in [4.78, 5) is 39.1. The Labute approximate surface area is 308 Å². The number of unbranched alkanes of at least 4 members (excludes halogenated alkanes) is 1. The second kappa shape index (κ2) is 18.9. The lowest BCUT2D eigenvalue weighted by Gasteiger charge is -2.47. The van der Waals surface area contributed by atoms with E-state index in [2.05, 4.69) is 95.3 Å². The maximum atomic E-state index is 14.1. The van der Waals surface area contributed by atoms with Gasteiger partial charge in [0.15, 0.2) is 0 Å². The minimum Gasteiger partial charge on any atom is -0.465 e. The van der Waals surface area contributed by atoms with E-state index in [1.807, 2.05) is 51.1 Å². The Kier molecular flexibility index (Phi) is 15.6. The summed E-state index contributed by atoms with van der Waals surface area (Å²) in [6.45, 7) is 19.5. The third-order valence-corrected chi connectivity index (χ3v) is 15.4. The van der Waals surface area contributed by atoms with Gasteiger partial charge in [0, 0.05) is 31.0 Å². The fourth-order valence-corrected chi connectivity index (χ4v) is 11.8. The van der Waals surface area contributed by atoms with Gasteiger partial charge in [-0.05, 0) is 79.8 Å². The molecule has 0 aliphatic rings. The van der Waals surface area contributed by atoms with Crippen LogP contribution in [-0.2, 0) is 34.9 Å². The summed E-state index contributed by atoms with van der Waals surface area (Å²) in [7, 11) is -3.00. The van der Waals surface area contributed by atoms with Crippen molar-refractivity contribution in [3.05, 3.63) is 96.6 Å². The Bertz CT molecular complexity index is 1460. The fourth-order valence-electron chi connectivity index (χ4n) is 7.25. The number of ketones is 1. The van der Waals surface area contributed by atoms with Crippen molar-refractivity contribution < 1.29 is 28.3 Å². The Morgan fingerprint density at radius 1 is 0.765 bits per heavy atom. The van der Waals surface area contributed by atoms with Crippen molar-refractivity contribution in [2.75, 3.05) is 19.8 Å². The van der Waals surface area contributed by atoms with Crippen molar-refractivity contribution in [3.8, 4) is 0 Å². The Morgan fingerprint density at radius 2 is 1.29 bits per heavy atom. The summed E-state index contributed by atoms with van der Waals surface area (Å²) >= 11 is 0. The first-order valence-electron chi connectivity index (χ1n) is 18.6. The van der Waals surface area contributed by atoms with Gasteiger partial charge in [0.1, 0.15) is 12.1 Å². The average molecular weight is 715 g/mol. The molecule has 4 atom stereocenters. The van der Waals surface area contributed by atoms with Crippen LogP contribution < -0.4 is 10.4 Å². The first-order chi connectivity index (χ1) is 24.1. The largest absolute Gasteiger partial charge is 0.465 e. The van der Waals surface area contributed by atoms with Crippen LogP contribution in [0.4, 0.5) is 0 Å². The van der Waals surface area contributed by atoms with E-state index in [0.29, 0.717) is 38.9 Å². The van der Waals surface area contributed by atoms with Crippen molar-refractivity contribution in [1.29, 1.82) is 0 Å². The number of esters is 1. The molecule has 0 aliphatic heterocycles. The third-order valence-electron chi connectivity index (χ3n) is 10.4. The highest BCUT2D eigenvalue weighted by Crippen LogP contribution is 2.45. The number of carbonyl (C=O) groups excluding carboxylic acids is 3. The highest BCUT2D eigenvalue weighted by atomic mass is 28.4. The summed E-state index contributed by atoms with van der Waals surface area (Å²) in [6.07, 6.45) is 3.01. The van der Waals surface area contributed by atoms with Gasteiger partial charge in [-0.2, -0.15) is 0 Å². The normalized spacial score (nSPS) is 15.3. The topological polar surface area (TPSA) is 78.9 Å². The van der Waals surface area contributed by atoms with E-state index in [4.69, 9.17) is 13.9 Å². The zero-order valence-corrected chi connectivity index (χ0v) is 33.6. The predicted octanol–water partition coefficient (Wildman–Crippen LogP) is 8.59. The summed E-state index contributed by atoms with van der Waals surface area (Å²) in [5.41, 5.74) is -0.365. The van der Waals surface area contributed by atoms with Gasteiger partial charge in [-0.15, -0.1) is 0 Å². The highest BCUT2D eigenvalue weighted by Gasteiger charge is 2.52. The van der Waals surface area contributed by atoms with Crippen LogP contribution >= 0.6 is 0 Å². The molecule has 3 rings (SSSR count). The molecule has 0 bridgehead atoms. The van der Waals surface area contributed by atoms with Gasteiger partial charge >= 0.3 is 5.97 Å². The van der Waals surface area contributed by atoms with E-state index < -0.39 is 25.1 Å². The Balaban J connectivity index is 2.09. The highest BCUT2D eigenvalue weighted by molar-refractivity contribution is 6.99. The van der Waals surface area contributed by atoms with Crippen LogP contribution in [0.5, 0.6) is 0 Å². The molecular weight excluding hydrogens is 653 g/mol. The molecule has 0 aromatic heterocycles. The van der Waals surface area contributed by atoms with Gasteiger partial charge < -0.3 is 18.7 Å². The van der Waals surface area contributed by atoms with Crippen LogP contribution in [0.25, 0.3) is 0 Å². The molecule has 3 aromatic carbocycles. The number of hydrogen-bond acceptors (Lipinski definition) is 6. The van der Waals surface area contributed by atoms with Crippen molar-refractivity contribution in [1.82, 2.24) is 0 Å². The van der Waals surface area contributed by atoms with Gasteiger partial charge in [0.2, 0.25) is 0 Å². The maximum Gasteiger partial charge on any atom is 0.311 e. The summed E-state index contributed by atoms with van der Waals surface area (Å²) < 4.78 is 19.8. The van der Waals surface area contributed by atoms with Gasteiger partial charge in [-0.25, -0.2) is 0 Å². The minimum atomic E-state index is -3.00. The molecule has 0 saturated carbocycles. The molecule has 6 nitrogen and oxygen atoms in total. The SMILES string of the molecule is CC(=O)[C@H](CO[Si](c1ccccc1)(c1ccccc1)C(C)(C)C)[C@](CCCC=O)(COC(=O)C(C)(C)C)C[C@H](C)[C@@H](C)COCc1ccccc1. The summed E-state index contributed by atoms with van der Waals surface area (Å²) in [5, 5.41) is 1.98. The fraction of sp³-hybridized carbons (Fsp3) is 0.523. The first kappa shape index (κ1) is 42.0. The second-order valence-electron chi connectivity index (χ2n) is 16.5. The van der Waals surface area contributed by atoms with Crippen molar-refractivity contribution in [2.45, 2.75) is 99.6 Å². The van der Waals surface area contributed by atoms with Crippen LogP contribution in [0.2, 0.25) is 5.04 Å². The van der Waals surface area contributed by atoms with E-state index in [1.54, 1.807) is 6.92 Å². The summed E-state index contributed by atoms with van der Waals surface area (Å²) in [6, 6.07) is 30.9. The lowest BCUT2D eigenvalue weighted by molar-refractivity contribution is -0.161. The van der Waals surface area contributed by atoms with Crippen LogP contribution in [-0.4, -0.2) is 46.2 Å². The lowest BCUT2D eigenvalue weighted by Crippen LogP contribution is -2.67. The molecule has 0 saturated heterocycles. The first-order valence-corrected chi connectivity index (χ1v) is 20.5. The molecule has 0 spiro atoms. The molecule has 0 fully saturated rings. The monoisotopic (exact) mass is 714 g/mol. The maximum absolute atomic E-state index is 14.1. The number of carbonyl (C=O) groups is 3. The van der Waals surface area contributed by atoms with E-state index in [0.717, 1.165) is 22.2 Å². The average Bonchev–Trinajstić information content (AvgIpc) is 3.09. The van der Waals surface area contributed by atoms with Crippen molar-refractivity contribution in [2.24, 2.45) is 28.6 Å². The number of benzene rings is 3. The van der Waals surface area contributed by atoms with E-state index in [-0.39, 0.29) is 41.8 Å². The quantitative estimate of drug-likeness (QED) is 0.0505. The minimum absolute atomic E-state index is 0.00831. The molecule has 3 aromatic rings. The predicted molar refractivity (Wildman–Crippen MR) is 210 cm³/mol. The standard InChI is InChI=1S/C44H62O6Si/c1-34(35(2)30-48-31-37-21-13-10-14-22-37)29-44(27-19-20-28-45,33-49-41(47)42(4,5)6)40(36(3)46)32-50-51(43(7,8)9,38-23-15-11-16-24-38)39-25-17-12-18-26-39/h10-18,21-26,28,34-35,40H,19-20,27,29-33H2,1-9H3/t34-,35-,40-,44-/m0/s1. The smallest absolute Gasteiger partial charge is 0.311 e. The molecule has 0 unspecified atom stereocenters. The second-order valence-corrected chi connectivity index (χ2v) is 20.9. The molecule has 7 heteroatoms. The van der Waals surface area contributed by atoms with Crippen LogP contribution in [0.1, 0.15) is 93.6 Å². The van der Waals surface area contributed by atoms with Crippen molar-refractivity contribution in [3.63, 3.8) is 0 Å². The van der Waals surface area contributed by atoms with Crippen LogP contribution in [0, 0.1) is 28.6 Å². The zero-order valence-electron chi connectivity index (χ0n) is 32.6. The van der Waals surface area contributed by atoms with Crippen LogP contribution in [0.15, 0.2) is 91.0 Å². The molecule has 0 N–H and O–H groups in total. The molecule has 51 heavy (non-hydrogen) atoms. The zero-order chi connectivity index (χ0) is 37.7. The molecule has 0 amide bonds. The number of rotatable bonds is 20. The Hall–Kier alpha value is -3.39. The lowest BCUT2D eigenvalue weighted by atomic mass is 9.65. The van der Waals surface area contributed by atoms with Crippen molar-refractivity contribution >= 4 is 36.7 Å². The van der Waals surface area contributed by atoms with E-state index in [1.165, 1.54) is 0 Å².